The van der Waals surface area contributed by atoms with Crippen molar-refractivity contribution in [2.24, 2.45) is 5.92 Å². The van der Waals surface area contributed by atoms with Gasteiger partial charge in [-0.25, -0.2) is 0 Å². The van der Waals surface area contributed by atoms with E-state index in [9.17, 15) is 0 Å². The van der Waals surface area contributed by atoms with E-state index >= 15 is 0 Å². The molecular formula is C14H19BrO. The molecule has 16 heavy (non-hydrogen) atoms. The summed E-state index contributed by atoms with van der Waals surface area (Å²) in [7, 11) is 0. The van der Waals surface area contributed by atoms with Crippen molar-refractivity contribution < 1.29 is 4.74 Å². The molecule has 0 bridgehead atoms. The molecule has 1 nitrogen and oxygen atoms in total. The molecule has 1 aromatic rings. The molecule has 0 N–H and O–H groups in total. The Hall–Kier alpha value is -0.500. The molecule has 2 atom stereocenters. The normalized spacial score (nSPS) is 18.4. The number of alkyl halides is 1. The van der Waals surface area contributed by atoms with Crippen LogP contribution in [-0.2, 0) is 6.42 Å². The van der Waals surface area contributed by atoms with Gasteiger partial charge in [0.05, 0.1) is 6.61 Å². The van der Waals surface area contributed by atoms with Gasteiger partial charge in [0.25, 0.3) is 0 Å². The molecule has 2 rings (SSSR count). The van der Waals surface area contributed by atoms with E-state index in [0.29, 0.717) is 10.7 Å². The molecule has 0 aliphatic carbocycles. The second-order valence-electron chi connectivity index (χ2n) is 4.61. The molecule has 0 spiro atoms. The van der Waals surface area contributed by atoms with E-state index < -0.39 is 0 Å². The lowest BCUT2D eigenvalue weighted by Crippen LogP contribution is -2.09. The van der Waals surface area contributed by atoms with Crippen molar-refractivity contribution in [2.45, 2.75) is 37.9 Å². The number of halogens is 1. The summed E-state index contributed by atoms with van der Waals surface area (Å²) < 4.78 is 5.63. The van der Waals surface area contributed by atoms with Gasteiger partial charge in [-0.2, -0.15) is 0 Å². The largest absolute Gasteiger partial charge is 0.493 e. The number of ether oxygens (including phenoxy) is 1. The third kappa shape index (κ3) is 2.42. The average molecular weight is 283 g/mol. The van der Waals surface area contributed by atoms with E-state index in [-0.39, 0.29) is 0 Å². The Bertz CT molecular complexity index is 362. The number of rotatable bonds is 3. The van der Waals surface area contributed by atoms with Crippen LogP contribution in [0.1, 0.15) is 42.6 Å². The van der Waals surface area contributed by atoms with Crippen LogP contribution in [0, 0.1) is 5.92 Å². The molecule has 0 radical (unpaired) electrons. The lowest BCUT2D eigenvalue weighted by molar-refractivity contribution is 0.288. The van der Waals surface area contributed by atoms with Gasteiger partial charge in [0.1, 0.15) is 5.75 Å². The van der Waals surface area contributed by atoms with Gasteiger partial charge in [0, 0.05) is 4.83 Å². The maximum Gasteiger partial charge on any atom is 0.122 e. The molecular weight excluding hydrogens is 264 g/mol. The molecule has 0 amide bonds. The smallest absolute Gasteiger partial charge is 0.122 e. The van der Waals surface area contributed by atoms with Gasteiger partial charge in [-0.3, -0.25) is 0 Å². The summed E-state index contributed by atoms with van der Waals surface area (Å²) in [6, 6.07) is 6.62. The van der Waals surface area contributed by atoms with Crippen molar-refractivity contribution in [3.63, 3.8) is 0 Å². The molecule has 88 valence electrons. The van der Waals surface area contributed by atoms with Gasteiger partial charge in [0.15, 0.2) is 0 Å². The quantitative estimate of drug-likeness (QED) is 0.742. The van der Waals surface area contributed by atoms with Gasteiger partial charge in [-0.05, 0) is 36.0 Å². The van der Waals surface area contributed by atoms with Crippen molar-refractivity contribution in [3.8, 4) is 5.75 Å². The van der Waals surface area contributed by atoms with Crippen molar-refractivity contribution in [3.05, 3.63) is 29.3 Å². The molecule has 0 fully saturated rings. The zero-order valence-electron chi connectivity index (χ0n) is 10.0. The van der Waals surface area contributed by atoms with Crippen LogP contribution < -0.4 is 4.74 Å². The highest BCUT2D eigenvalue weighted by atomic mass is 79.9. The highest BCUT2D eigenvalue weighted by Crippen LogP contribution is 2.36. The summed E-state index contributed by atoms with van der Waals surface area (Å²) in [5.41, 5.74) is 2.76. The molecule has 1 heterocycles. The van der Waals surface area contributed by atoms with Crippen molar-refractivity contribution in [2.75, 3.05) is 6.61 Å². The van der Waals surface area contributed by atoms with E-state index in [1.165, 1.54) is 17.5 Å². The Morgan fingerprint density at radius 3 is 3.00 bits per heavy atom. The Kier molecular flexibility index (Phi) is 3.91. The Morgan fingerprint density at radius 2 is 2.25 bits per heavy atom. The Labute approximate surface area is 106 Å². The summed E-state index contributed by atoms with van der Waals surface area (Å²) in [5.74, 6) is 1.75. The van der Waals surface area contributed by atoms with Crippen molar-refractivity contribution in [1.82, 2.24) is 0 Å². The molecule has 1 aromatic carbocycles. The minimum Gasteiger partial charge on any atom is -0.493 e. The Morgan fingerprint density at radius 1 is 1.44 bits per heavy atom. The van der Waals surface area contributed by atoms with Crippen LogP contribution in [0.2, 0.25) is 0 Å². The number of fused-ring (bicyclic) bond motifs is 1. The topological polar surface area (TPSA) is 9.23 Å². The summed E-state index contributed by atoms with van der Waals surface area (Å²) in [5, 5.41) is 0. The summed E-state index contributed by atoms with van der Waals surface area (Å²) in [4.78, 5) is 0.463. The van der Waals surface area contributed by atoms with Crippen LogP contribution >= 0.6 is 15.9 Å². The number of hydrogen-bond donors (Lipinski definition) is 0. The van der Waals surface area contributed by atoms with Crippen LogP contribution in [0.15, 0.2) is 18.2 Å². The summed E-state index contributed by atoms with van der Waals surface area (Å²) >= 11 is 3.80. The number of aryl methyl sites for hydroxylation is 1. The fraction of sp³-hybridized carbons (Fsp3) is 0.571. The summed E-state index contributed by atoms with van der Waals surface area (Å²) in [6.07, 6.45) is 3.50. The first kappa shape index (κ1) is 12.0. The van der Waals surface area contributed by atoms with Crippen LogP contribution in [0.25, 0.3) is 0 Å². The van der Waals surface area contributed by atoms with Crippen LogP contribution in [0.4, 0.5) is 0 Å². The maximum absolute atomic E-state index is 5.63. The lowest BCUT2D eigenvalue weighted by atomic mass is 9.95. The lowest BCUT2D eigenvalue weighted by Gasteiger charge is -2.21. The predicted octanol–water partition coefficient (Wildman–Crippen LogP) is 4.49. The SMILES string of the molecule is CCC(C)C(Br)c1ccc2c(c1)CCCO2. The number of hydrogen-bond acceptors (Lipinski definition) is 1. The first-order valence-electron chi connectivity index (χ1n) is 6.12. The minimum atomic E-state index is 0.463. The molecule has 0 saturated carbocycles. The third-order valence-corrected chi connectivity index (χ3v) is 4.83. The monoisotopic (exact) mass is 282 g/mol. The van der Waals surface area contributed by atoms with Gasteiger partial charge in [-0.15, -0.1) is 0 Å². The third-order valence-electron chi connectivity index (χ3n) is 3.39. The molecule has 0 aromatic heterocycles. The van der Waals surface area contributed by atoms with E-state index in [1.54, 1.807) is 0 Å². The molecule has 1 aliphatic rings. The van der Waals surface area contributed by atoms with Gasteiger partial charge < -0.3 is 4.74 Å². The fourth-order valence-corrected chi connectivity index (χ4v) is 2.75. The van der Waals surface area contributed by atoms with Crippen LogP contribution in [-0.4, -0.2) is 6.61 Å². The van der Waals surface area contributed by atoms with Gasteiger partial charge in [-0.1, -0.05) is 48.3 Å². The first-order chi connectivity index (χ1) is 7.72. The molecule has 2 unspecified atom stereocenters. The van der Waals surface area contributed by atoms with E-state index in [0.717, 1.165) is 25.2 Å². The zero-order chi connectivity index (χ0) is 11.5. The van der Waals surface area contributed by atoms with Gasteiger partial charge >= 0.3 is 0 Å². The first-order valence-corrected chi connectivity index (χ1v) is 7.03. The predicted molar refractivity (Wildman–Crippen MR) is 71.4 cm³/mol. The Balaban J connectivity index is 2.22. The molecule has 2 heteroatoms. The maximum atomic E-state index is 5.63. The highest BCUT2D eigenvalue weighted by Gasteiger charge is 2.17. The zero-order valence-corrected chi connectivity index (χ0v) is 11.6. The average Bonchev–Trinajstić information content (AvgIpc) is 2.36. The van der Waals surface area contributed by atoms with E-state index in [4.69, 9.17) is 4.74 Å². The second-order valence-corrected chi connectivity index (χ2v) is 5.59. The molecule has 1 aliphatic heterocycles. The standard InChI is InChI=1S/C14H19BrO/c1-3-10(2)14(15)12-6-7-13-11(9-12)5-4-8-16-13/h6-7,9-10,14H,3-5,8H2,1-2H3. The highest BCUT2D eigenvalue weighted by molar-refractivity contribution is 9.09. The van der Waals surface area contributed by atoms with Crippen molar-refractivity contribution in [1.29, 1.82) is 0 Å². The fourth-order valence-electron chi connectivity index (χ4n) is 2.09. The van der Waals surface area contributed by atoms with Gasteiger partial charge in [0.2, 0.25) is 0 Å². The van der Waals surface area contributed by atoms with Crippen LogP contribution in [0.3, 0.4) is 0 Å². The summed E-state index contributed by atoms with van der Waals surface area (Å²) in [6.45, 7) is 5.39. The minimum absolute atomic E-state index is 0.463. The van der Waals surface area contributed by atoms with E-state index in [2.05, 4.69) is 48.0 Å². The number of benzene rings is 1. The van der Waals surface area contributed by atoms with E-state index in [1.807, 2.05) is 0 Å². The van der Waals surface area contributed by atoms with Crippen LogP contribution in [0.5, 0.6) is 5.75 Å². The molecule has 0 saturated heterocycles. The van der Waals surface area contributed by atoms with Crippen molar-refractivity contribution >= 4 is 15.9 Å². The second kappa shape index (κ2) is 5.22.